The van der Waals surface area contributed by atoms with Crippen LogP contribution in [0.2, 0.25) is 0 Å². The number of aromatic nitrogens is 6. The van der Waals surface area contributed by atoms with E-state index in [9.17, 15) is 13.2 Å². The van der Waals surface area contributed by atoms with Crippen LogP contribution < -0.4 is 0 Å². The molecule has 4 rings (SSSR count). The molecule has 29 heavy (non-hydrogen) atoms. The molecule has 154 valence electrons. The van der Waals surface area contributed by atoms with Gasteiger partial charge >= 0.3 is 6.18 Å². The summed E-state index contributed by atoms with van der Waals surface area (Å²) >= 11 is 2.78. The van der Waals surface area contributed by atoms with Crippen LogP contribution in [0.25, 0.3) is 16.6 Å². The van der Waals surface area contributed by atoms with Crippen molar-refractivity contribution in [1.82, 2.24) is 29.5 Å². The number of nitrogens with zero attached hydrogens (tertiary/aromatic N) is 6. The minimum absolute atomic E-state index is 0.138. The van der Waals surface area contributed by atoms with Crippen LogP contribution >= 0.6 is 23.1 Å². The minimum atomic E-state index is -4.51. The van der Waals surface area contributed by atoms with Crippen LogP contribution in [0, 0.1) is 6.92 Å². The van der Waals surface area contributed by atoms with Gasteiger partial charge in [0.05, 0.1) is 5.69 Å². The number of hydrogen-bond donors (Lipinski definition) is 0. The van der Waals surface area contributed by atoms with Crippen molar-refractivity contribution in [1.29, 1.82) is 0 Å². The molecule has 6 nitrogen and oxygen atoms in total. The molecule has 1 aliphatic rings. The van der Waals surface area contributed by atoms with Gasteiger partial charge in [-0.2, -0.15) is 18.3 Å². The lowest BCUT2D eigenvalue weighted by Gasteiger charge is -2.10. The predicted octanol–water partition coefficient (Wildman–Crippen LogP) is 5.14. The second-order valence-electron chi connectivity index (χ2n) is 6.83. The van der Waals surface area contributed by atoms with E-state index in [1.807, 2.05) is 4.57 Å². The topological polar surface area (TPSA) is 61.4 Å². The molecule has 0 radical (unpaired) electrons. The first kappa shape index (κ1) is 20.1. The number of halogens is 3. The quantitative estimate of drug-likeness (QED) is 0.497. The Morgan fingerprint density at radius 3 is 2.76 bits per heavy atom. The fraction of sp³-hybridized carbons (Fsp3) is 0.444. The molecule has 0 aliphatic heterocycles. The molecule has 11 heteroatoms. The second-order valence-corrected chi connectivity index (χ2v) is 8.93. The molecule has 0 atom stereocenters. The van der Waals surface area contributed by atoms with E-state index >= 15 is 0 Å². The summed E-state index contributed by atoms with van der Waals surface area (Å²) in [6.45, 7) is 5.82. The summed E-state index contributed by atoms with van der Waals surface area (Å²) in [4.78, 5) is 4.38. The summed E-state index contributed by atoms with van der Waals surface area (Å²) in [5.74, 6) is 0.519. The Morgan fingerprint density at radius 2 is 2.07 bits per heavy atom. The van der Waals surface area contributed by atoms with Crippen molar-refractivity contribution in [3.05, 3.63) is 35.5 Å². The van der Waals surface area contributed by atoms with Gasteiger partial charge in [-0.15, -0.1) is 28.1 Å². The number of thiazole rings is 1. The number of rotatable bonds is 6. The van der Waals surface area contributed by atoms with Gasteiger partial charge in [0.2, 0.25) is 5.13 Å². The van der Waals surface area contributed by atoms with Crippen LogP contribution in [0.1, 0.15) is 37.1 Å². The van der Waals surface area contributed by atoms with Crippen LogP contribution in [0.4, 0.5) is 13.2 Å². The molecule has 1 saturated carbocycles. The van der Waals surface area contributed by atoms with Crippen molar-refractivity contribution in [2.24, 2.45) is 0 Å². The van der Waals surface area contributed by atoms with Gasteiger partial charge in [-0.1, -0.05) is 30.7 Å². The van der Waals surface area contributed by atoms with Crippen LogP contribution in [0.3, 0.4) is 0 Å². The molecule has 3 aromatic heterocycles. The third-order valence-electron chi connectivity index (χ3n) is 4.63. The molecule has 0 saturated heterocycles. The Hall–Kier alpha value is -2.14. The van der Waals surface area contributed by atoms with Gasteiger partial charge in [0.15, 0.2) is 16.7 Å². The van der Waals surface area contributed by atoms with Crippen LogP contribution in [-0.2, 0) is 12.7 Å². The zero-order valence-corrected chi connectivity index (χ0v) is 17.3. The number of thioether (sulfide) groups is 1. The molecule has 3 heterocycles. The highest BCUT2D eigenvalue weighted by Crippen LogP contribution is 2.36. The van der Waals surface area contributed by atoms with E-state index in [0.29, 0.717) is 23.3 Å². The number of alkyl halides is 3. The lowest BCUT2D eigenvalue weighted by Crippen LogP contribution is -2.13. The lowest BCUT2D eigenvalue weighted by molar-refractivity contribution is -0.142. The Kier molecular flexibility index (Phi) is 5.52. The van der Waals surface area contributed by atoms with E-state index in [1.165, 1.54) is 19.8 Å². The highest BCUT2D eigenvalue weighted by molar-refractivity contribution is 7.99. The zero-order valence-electron chi connectivity index (χ0n) is 15.7. The Bertz CT molecular complexity index is 1010. The maximum atomic E-state index is 13.3. The van der Waals surface area contributed by atoms with Crippen molar-refractivity contribution >= 4 is 23.1 Å². The minimum Gasteiger partial charge on any atom is -0.297 e. The molecule has 0 N–H and O–H groups in total. The summed E-state index contributed by atoms with van der Waals surface area (Å²) in [6.07, 6.45) is 1.99. The van der Waals surface area contributed by atoms with Crippen LogP contribution in [-0.4, -0.2) is 34.8 Å². The van der Waals surface area contributed by atoms with Gasteiger partial charge in [-0.25, -0.2) is 9.67 Å². The van der Waals surface area contributed by atoms with Crippen molar-refractivity contribution in [3.8, 4) is 16.6 Å². The van der Waals surface area contributed by atoms with Gasteiger partial charge in [0.1, 0.15) is 5.69 Å². The molecule has 1 aliphatic carbocycles. The molecule has 0 spiro atoms. The summed E-state index contributed by atoms with van der Waals surface area (Å²) in [7, 11) is 0. The molecule has 0 amide bonds. The first-order valence-electron chi connectivity index (χ1n) is 9.17. The van der Waals surface area contributed by atoms with Gasteiger partial charge < -0.3 is 0 Å². The average molecular weight is 441 g/mol. The summed E-state index contributed by atoms with van der Waals surface area (Å²) in [5, 5.41) is 15.7. The largest absolute Gasteiger partial charge is 0.433 e. The van der Waals surface area contributed by atoms with Crippen molar-refractivity contribution in [2.45, 2.75) is 55.7 Å². The third-order valence-corrected chi connectivity index (χ3v) is 6.76. The maximum Gasteiger partial charge on any atom is 0.433 e. The SMILES string of the molecule is C=CCn1c(SC2CCCC2)nnc1-c1csc(-n2nc(C)cc2C(F)(F)F)n1. The van der Waals surface area contributed by atoms with Gasteiger partial charge in [0.25, 0.3) is 0 Å². The van der Waals surface area contributed by atoms with Crippen molar-refractivity contribution in [2.75, 3.05) is 0 Å². The van der Waals surface area contributed by atoms with Crippen LogP contribution in [0.15, 0.2) is 29.3 Å². The van der Waals surface area contributed by atoms with E-state index in [1.54, 1.807) is 23.2 Å². The summed E-state index contributed by atoms with van der Waals surface area (Å²) in [6, 6.07) is 1.01. The standard InChI is InChI=1S/C18H19F3N6S2/c1-3-8-26-15(23-24-17(26)29-12-6-4-5-7-12)13-10-28-16(22-13)27-14(18(19,20)21)9-11(2)25-27/h3,9-10,12H,1,4-8H2,2H3. The highest BCUT2D eigenvalue weighted by Gasteiger charge is 2.36. The third kappa shape index (κ3) is 4.11. The molecule has 0 aromatic carbocycles. The molecular weight excluding hydrogens is 421 g/mol. The van der Waals surface area contributed by atoms with E-state index in [0.717, 1.165) is 40.1 Å². The average Bonchev–Trinajstić information content (AvgIpc) is 3.42. The fourth-order valence-corrected chi connectivity index (χ4v) is 5.33. The van der Waals surface area contributed by atoms with Gasteiger partial charge in [0, 0.05) is 17.2 Å². The van der Waals surface area contributed by atoms with Gasteiger partial charge in [-0.3, -0.25) is 4.57 Å². The molecule has 0 bridgehead atoms. The number of allylic oxidation sites excluding steroid dienone is 1. The highest BCUT2D eigenvalue weighted by atomic mass is 32.2. The Labute approximate surface area is 173 Å². The van der Waals surface area contributed by atoms with E-state index in [4.69, 9.17) is 0 Å². The molecule has 1 fully saturated rings. The number of hydrogen-bond acceptors (Lipinski definition) is 6. The smallest absolute Gasteiger partial charge is 0.297 e. The summed E-state index contributed by atoms with van der Waals surface area (Å²) in [5.41, 5.74) is -0.0982. The second kappa shape index (κ2) is 7.94. The Morgan fingerprint density at radius 1 is 1.31 bits per heavy atom. The van der Waals surface area contributed by atoms with E-state index < -0.39 is 11.9 Å². The first-order chi connectivity index (χ1) is 13.9. The number of aryl methyl sites for hydroxylation is 1. The van der Waals surface area contributed by atoms with Crippen molar-refractivity contribution in [3.63, 3.8) is 0 Å². The monoisotopic (exact) mass is 440 g/mol. The normalized spacial score (nSPS) is 15.3. The van der Waals surface area contributed by atoms with Crippen LogP contribution in [0.5, 0.6) is 0 Å². The van der Waals surface area contributed by atoms with Gasteiger partial charge in [-0.05, 0) is 25.8 Å². The van der Waals surface area contributed by atoms with Crippen molar-refractivity contribution < 1.29 is 13.2 Å². The molecular formula is C18H19F3N6S2. The molecule has 0 unspecified atom stereocenters. The van der Waals surface area contributed by atoms with E-state index in [-0.39, 0.29) is 10.8 Å². The zero-order chi connectivity index (χ0) is 20.6. The maximum absolute atomic E-state index is 13.3. The predicted molar refractivity (Wildman–Crippen MR) is 106 cm³/mol. The van der Waals surface area contributed by atoms with E-state index in [2.05, 4.69) is 26.9 Å². The first-order valence-corrected chi connectivity index (χ1v) is 10.9. The fourth-order valence-electron chi connectivity index (χ4n) is 3.33. The Balaban J connectivity index is 1.68. The lowest BCUT2D eigenvalue weighted by atomic mass is 10.3. The summed E-state index contributed by atoms with van der Waals surface area (Å²) < 4.78 is 42.7. The molecule has 3 aromatic rings.